The van der Waals surface area contributed by atoms with Crippen LogP contribution in [0.4, 0.5) is 0 Å². The third-order valence-corrected chi connectivity index (χ3v) is 6.67. The van der Waals surface area contributed by atoms with E-state index in [-0.39, 0.29) is 23.7 Å². The van der Waals surface area contributed by atoms with Crippen molar-refractivity contribution in [1.82, 2.24) is 14.1 Å². The van der Waals surface area contributed by atoms with E-state index < -0.39 is 0 Å². The van der Waals surface area contributed by atoms with Crippen molar-refractivity contribution in [2.75, 3.05) is 12.4 Å². The van der Waals surface area contributed by atoms with Crippen LogP contribution < -0.4 is 5.56 Å². The summed E-state index contributed by atoms with van der Waals surface area (Å²) in [5.41, 5.74) is 5.21. The van der Waals surface area contributed by atoms with E-state index in [1.807, 2.05) is 57.2 Å². The molecule has 0 saturated heterocycles. The van der Waals surface area contributed by atoms with Gasteiger partial charge in [0.2, 0.25) is 0 Å². The number of thioether (sulfide) groups is 1. The van der Waals surface area contributed by atoms with Gasteiger partial charge in [0, 0.05) is 35.8 Å². The van der Waals surface area contributed by atoms with Gasteiger partial charge in [0.05, 0.1) is 16.7 Å². The molecule has 0 spiro atoms. The Bertz CT molecular complexity index is 1390. The Hall–Kier alpha value is -3.16. The van der Waals surface area contributed by atoms with Gasteiger partial charge in [-0.3, -0.25) is 14.2 Å². The predicted molar refractivity (Wildman–Crippen MR) is 133 cm³/mol. The molecule has 0 aliphatic carbocycles. The van der Waals surface area contributed by atoms with Crippen LogP contribution in [-0.4, -0.2) is 37.4 Å². The zero-order chi connectivity index (χ0) is 23.5. The molecule has 0 saturated carbocycles. The molecule has 2 aromatic carbocycles. The largest absolute Gasteiger partial charge is 0.396 e. The van der Waals surface area contributed by atoms with Gasteiger partial charge in [-0.15, -0.1) is 0 Å². The predicted octanol–water partition coefficient (Wildman–Crippen LogP) is 4.47. The molecule has 170 valence electrons. The van der Waals surface area contributed by atoms with Crippen LogP contribution in [-0.2, 0) is 6.54 Å². The normalized spacial score (nSPS) is 11.3. The van der Waals surface area contributed by atoms with E-state index in [1.165, 1.54) is 11.8 Å². The molecule has 0 atom stereocenters. The van der Waals surface area contributed by atoms with Crippen LogP contribution >= 0.6 is 11.8 Å². The average Bonchev–Trinajstić information content (AvgIpc) is 3.11. The van der Waals surface area contributed by atoms with E-state index in [1.54, 1.807) is 16.7 Å². The standard InChI is InChI=1S/C26H27N3O3S/c1-17-8-6-9-20(14-17)29-18(2)15-22(19(29)3)24(31)16-33-26-27-23-11-5-4-10-21(23)25(32)28(26)12-7-13-30/h4-6,8-11,14-15,30H,7,12-13,16H2,1-3H3. The highest BCUT2D eigenvalue weighted by Gasteiger charge is 2.19. The van der Waals surface area contributed by atoms with Gasteiger partial charge < -0.3 is 9.67 Å². The number of carbonyl (C=O) groups excluding carboxylic acids is 1. The van der Waals surface area contributed by atoms with Gasteiger partial charge in [-0.1, -0.05) is 36.0 Å². The first-order valence-electron chi connectivity index (χ1n) is 10.9. The van der Waals surface area contributed by atoms with Gasteiger partial charge in [-0.2, -0.15) is 0 Å². The zero-order valence-corrected chi connectivity index (χ0v) is 19.9. The molecule has 2 aromatic heterocycles. The molecule has 0 fully saturated rings. The molecular weight excluding hydrogens is 434 g/mol. The number of nitrogens with zero attached hydrogens (tertiary/aromatic N) is 3. The monoisotopic (exact) mass is 461 g/mol. The van der Waals surface area contributed by atoms with Gasteiger partial charge in [0.1, 0.15) is 0 Å². The van der Waals surface area contributed by atoms with Crippen molar-refractivity contribution in [3.8, 4) is 5.69 Å². The van der Waals surface area contributed by atoms with Gasteiger partial charge >= 0.3 is 0 Å². The lowest BCUT2D eigenvalue weighted by molar-refractivity contribution is 0.102. The number of aryl methyl sites for hydroxylation is 2. The fourth-order valence-electron chi connectivity index (χ4n) is 4.10. The number of para-hydroxylation sites is 1. The number of aliphatic hydroxyl groups is 1. The molecule has 4 aromatic rings. The molecule has 0 radical (unpaired) electrons. The average molecular weight is 462 g/mol. The molecule has 0 aliphatic rings. The smallest absolute Gasteiger partial charge is 0.262 e. The molecule has 6 nitrogen and oxygen atoms in total. The minimum Gasteiger partial charge on any atom is -0.396 e. The Morgan fingerprint density at radius 1 is 1.06 bits per heavy atom. The number of rotatable bonds is 8. The van der Waals surface area contributed by atoms with Crippen molar-refractivity contribution < 1.29 is 9.90 Å². The molecule has 0 bridgehead atoms. The van der Waals surface area contributed by atoms with Crippen LogP contribution in [0.5, 0.6) is 0 Å². The molecule has 0 aliphatic heterocycles. The Morgan fingerprint density at radius 2 is 1.85 bits per heavy atom. The molecule has 0 amide bonds. The van der Waals surface area contributed by atoms with Gasteiger partial charge in [0.15, 0.2) is 10.9 Å². The van der Waals surface area contributed by atoms with Crippen molar-refractivity contribution in [2.45, 2.75) is 38.9 Å². The molecule has 33 heavy (non-hydrogen) atoms. The second-order valence-electron chi connectivity index (χ2n) is 8.12. The molecule has 2 heterocycles. The van der Waals surface area contributed by atoms with E-state index in [4.69, 9.17) is 0 Å². The number of aromatic nitrogens is 3. The Labute approximate surface area is 196 Å². The number of hydrogen-bond donors (Lipinski definition) is 1. The number of Topliss-reactive ketones (excluding diaryl/α,β-unsaturated/α-hetero) is 1. The maximum atomic E-state index is 13.2. The number of hydrogen-bond acceptors (Lipinski definition) is 5. The molecule has 0 unspecified atom stereocenters. The van der Waals surface area contributed by atoms with Crippen molar-refractivity contribution in [2.24, 2.45) is 0 Å². The first-order chi connectivity index (χ1) is 15.9. The number of benzene rings is 2. The highest BCUT2D eigenvalue weighted by Crippen LogP contribution is 2.25. The quantitative estimate of drug-likeness (QED) is 0.238. The lowest BCUT2D eigenvalue weighted by Crippen LogP contribution is -2.24. The molecule has 1 N–H and O–H groups in total. The summed E-state index contributed by atoms with van der Waals surface area (Å²) in [6.07, 6.45) is 0.444. The van der Waals surface area contributed by atoms with E-state index in [9.17, 15) is 14.7 Å². The van der Waals surface area contributed by atoms with Crippen molar-refractivity contribution in [3.05, 3.63) is 87.5 Å². The number of fused-ring (bicyclic) bond motifs is 1. The molecule has 4 rings (SSSR count). The first kappa shape index (κ1) is 23.0. The Balaban J connectivity index is 1.63. The summed E-state index contributed by atoms with van der Waals surface area (Å²) in [5.74, 6) is 0.158. The van der Waals surface area contributed by atoms with Gasteiger partial charge in [0.25, 0.3) is 5.56 Å². The zero-order valence-electron chi connectivity index (χ0n) is 19.0. The van der Waals surface area contributed by atoms with Crippen LogP contribution in [0.15, 0.2) is 64.5 Å². The lowest BCUT2D eigenvalue weighted by atomic mass is 10.2. The van der Waals surface area contributed by atoms with Crippen LogP contribution in [0.3, 0.4) is 0 Å². The van der Waals surface area contributed by atoms with E-state index in [0.29, 0.717) is 34.6 Å². The lowest BCUT2D eigenvalue weighted by Gasteiger charge is -2.13. The van der Waals surface area contributed by atoms with Gasteiger partial charge in [-0.05, 0) is 63.1 Å². The third kappa shape index (κ3) is 4.65. The second-order valence-corrected chi connectivity index (χ2v) is 9.06. The Kier molecular flexibility index (Phi) is 6.81. The fraction of sp³-hybridized carbons (Fsp3) is 0.269. The minimum absolute atomic E-state index is 0.0110. The topological polar surface area (TPSA) is 77.1 Å². The summed E-state index contributed by atoms with van der Waals surface area (Å²) < 4.78 is 3.66. The maximum absolute atomic E-state index is 13.2. The maximum Gasteiger partial charge on any atom is 0.262 e. The summed E-state index contributed by atoms with van der Waals surface area (Å²) >= 11 is 1.26. The van der Waals surface area contributed by atoms with Crippen LogP contribution in [0.2, 0.25) is 0 Å². The van der Waals surface area contributed by atoms with Crippen molar-refractivity contribution >= 4 is 28.4 Å². The molecule has 7 heteroatoms. The molecular formula is C26H27N3O3S. The van der Waals surface area contributed by atoms with E-state index in [0.717, 1.165) is 22.6 Å². The minimum atomic E-state index is -0.151. The van der Waals surface area contributed by atoms with E-state index in [2.05, 4.69) is 15.6 Å². The summed E-state index contributed by atoms with van der Waals surface area (Å²) in [5, 5.41) is 10.3. The SMILES string of the molecule is Cc1cccc(-n2c(C)cc(C(=O)CSc3nc4ccccc4c(=O)n3CCCO)c2C)c1. The van der Waals surface area contributed by atoms with Crippen molar-refractivity contribution in [1.29, 1.82) is 0 Å². The van der Waals surface area contributed by atoms with Crippen LogP contribution in [0, 0.1) is 20.8 Å². The van der Waals surface area contributed by atoms with Gasteiger partial charge in [-0.25, -0.2) is 4.98 Å². The highest BCUT2D eigenvalue weighted by molar-refractivity contribution is 7.99. The number of carbonyl (C=O) groups is 1. The second kappa shape index (κ2) is 9.77. The first-order valence-corrected chi connectivity index (χ1v) is 11.9. The number of ketones is 1. The van der Waals surface area contributed by atoms with Crippen LogP contribution in [0.25, 0.3) is 16.6 Å². The van der Waals surface area contributed by atoms with E-state index >= 15 is 0 Å². The summed E-state index contributed by atoms with van der Waals surface area (Å²) in [6, 6.07) is 17.3. The third-order valence-electron chi connectivity index (χ3n) is 5.69. The van der Waals surface area contributed by atoms with Crippen LogP contribution in [0.1, 0.15) is 33.7 Å². The number of aliphatic hydroxyl groups excluding tert-OH is 1. The summed E-state index contributed by atoms with van der Waals surface area (Å²) in [7, 11) is 0. The summed E-state index contributed by atoms with van der Waals surface area (Å²) in [4.78, 5) is 30.8. The summed E-state index contributed by atoms with van der Waals surface area (Å²) in [6.45, 7) is 6.33. The fourth-order valence-corrected chi connectivity index (χ4v) is 5.01. The van der Waals surface area contributed by atoms with Crippen molar-refractivity contribution in [3.63, 3.8) is 0 Å². The highest BCUT2D eigenvalue weighted by atomic mass is 32.2. The Morgan fingerprint density at radius 3 is 2.61 bits per heavy atom.